The van der Waals surface area contributed by atoms with Crippen molar-refractivity contribution in [2.45, 2.75) is 225 Å². The summed E-state index contributed by atoms with van der Waals surface area (Å²) in [7, 11) is 0. The van der Waals surface area contributed by atoms with E-state index in [1.165, 1.54) is 25.7 Å². The van der Waals surface area contributed by atoms with Crippen LogP contribution >= 0.6 is 0 Å². The SMILES string of the molecule is CC/C=C\C/C=C\C/C=C\C/C=C\C/C=C\CC(=O)OCC(COC1OC(C(=O)O)C(O)C(O)C1OC(=O)CCCCCC/C=C\C/C=C\C/C=C\C/C=C\CC)OC(=O)CCCCCCCCCCC. The molecule has 0 aromatic carbocycles. The Kier molecular flexibility index (Phi) is 42.1. The van der Waals surface area contributed by atoms with E-state index in [1.54, 1.807) is 6.08 Å². The second kappa shape index (κ2) is 46.5. The van der Waals surface area contributed by atoms with E-state index in [0.29, 0.717) is 19.3 Å². The second-order valence-electron chi connectivity index (χ2n) is 17.8. The first kappa shape index (κ1) is 64.4. The molecule has 0 radical (unpaired) electrons. The molecule has 0 bridgehead atoms. The Bertz CT molecular complexity index is 1650. The Labute approximate surface area is 427 Å². The summed E-state index contributed by atoms with van der Waals surface area (Å²) in [6.45, 7) is 5.60. The van der Waals surface area contributed by atoms with Gasteiger partial charge in [-0.2, -0.15) is 0 Å². The highest BCUT2D eigenvalue weighted by molar-refractivity contribution is 5.74. The zero-order valence-electron chi connectivity index (χ0n) is 43.7. The number of carboxylic acid groups (broad SMARTS) is 1. The van der Waals surface area contributed by atoms with Gasteiger partial charge in [0.05, 0.1) is 13.0 Å². The fourth-order valence-corrected chi connectivity index (χ4v) is 7.31. The van der Waals surface area contributed by atoms with Crippen molar-refractivity contribution in [2.24, 2.45) is 0 Å². The van der Waals surface area contributed by atoms with Crippen molar-refractivity contribution < 1.29 is 58.2 Å². The summed E-state index contributed by atoms with van der Waals surface area (Å²) in [6.07, 6.45) is 49.6. The van der Waals surface area contributed by atoms with Crippen molar-refractivity contribution in [3.05, 3.63) is 109 Å². The lowest BCUT2D eigenvalue weighted by Crippen LogP contribution is -2.61. The molecule has 12 nitrogen and oxygen atoms in total. The molecule has 0 saturated carbocycles. The Balaban J connectivity index is 2.76. The van der Waals surface area contributed by atoms with Crippen LogP contribution in [0.25, 0.3) is 0 Å². The number of hydrogen-bond acceptors (Lipinski definition) is 11. The van der Waals surface area contributed by atoms with Gasteiger partial charge in [-0.1, -0.05) is 194 Å². The van der Waals surface area contributed by atoms with Gasteiger partial charge in [-0.05, 0) is 83.5 Å². The van der Waals surface area contributed by atoms with Crippen molar-refractivity contribution in [1.82, 2.24) is 0 Å². The summed E-state index contributed by atoms with van der Waals surface area (Å²) >= 11 is 0. The van der Waals surface area contributed by atoms with Crippen molar-refractivity contribution in [1.29, 1.82) is 0 Å². The van der Waals surface area contributed by atoms with Gasteiger partial charge in [0.2, 0.25) is 0 Å². The largest absolute Gasteiger partial charge is 0.479 e. The predicted octanol–water partition coefficient (Wildman–Crippen LogP) is 13.1. The summed E-state index contributed by atoms with van der Waals surface area (Å²) in [6, 6.07) is 0. The van der Waals surface area contributed by atoms with Gasteiger partial charge in [0.1, 0.15) is 18.8 Å². The lowest BCUT2D eigenvalue weighted by Gasteiger charge is -2.40. The van der Waals surface area contributed by atoms with E-state index in [-0.39, 0.29) is 25.9 Å². The molecule has 0 spiro atoms. The van der Waals surface area contributed by atoms with Crippen molar-refractivity contribution >= 4 is 23.9 Å². The summed E-state index contributed by atoms with van der Waals surface area (Å²) in [5, 5.41) is 31.3. The first-order chi connectivity index (χ1) is 34.6. The van der Waals surface area contributed by atoms with Crippen LogP contribution in [-0.2, 0) is 42.9 Å². The number of ether oxygens (including phenoxy) is 5. The van der Waals surface area contributed by atoms with Crippen LogP contribution in [0.3, 0.4) is 0 Å². The molecule has 71 heavy (non-hydrogen) atoms. The molecule has 1 aliphatic rings. The number of aliphatic hydroxyl groups is 2. The molecule has 0 aromatic heterocycles. The number of carbonyl (C=O) groups is 4. The van der Waals surface area contributed by atoms with Crippen LogP contribution in [0.4, 0.5) is 0 Å². The van der Waals surface area contributed by atoms with Crippen LogP contribution in [0.2, 0.25) is 0 Å². The van der Waals surface area contributed by atoms with Gasteiger partial charge in [-0.3, -0.25) is 14.4 Å². The molecule has 0 aromatic rings. The number of allylic oxidation sites excluding steroid dienone is 17. The third-order valence-corrected chi connectivity index (χ3v) is 11.4. The highest BCUT2D eigenvalue weighted by atomic mass is 16.7. The number of esters is 3. The van der Waals surface area contributed by atoms with Crippen LogP contribution in [0.15, 0.2) is 109 Å². The number of hydrogen-bond donors (Lipinski definition) is 3. The van der Waals surface area contributed by atoms with Crippen LogP contribution in [0, 0.1) is 0 Å². The lowest BCUT2D eigenvalue weighted by atomic mass is 9.98. The average Bonchev–Trinajstić information content (AvgIpc) is 3.35. The molecule has 1 rings (SSSR count). The summed E-state index contributed by atoms with van der Waals surface area (Å²) in [5.41, 5.74) is 0. The third kappa shape index (κ3) is 36.9. The zero-order valence-corrected chi connectivity index (χ0v) is 43.7. The Morgan fingerprint density at radius 3 is 1.42 bits per heavy atom. The second-order valence-corrected chi connectivity index (χ2v) is 17.8. The molecule has 1 saturated heterocycles. The van der Waals surface area contributed by atoms with Crippen LogP contribution in [-0.4, -0.2) is 89.2 Å². The Morgan fingerprint density at radius 1 is 0.493 bits per heavy atom. The summed E-state index contributed by atoms with van der Waals surface area (Å²) in [4.78, 5) is 50.8. The van der Waals surface area contributed by atoms with Gasteiger partial charge in [0.15, 0.2) is 24.6 Å². The molecule has 1 heterocycles. The third-order valence-electron chi connectivity index (χ3n) is 11.4. The average molecular weight is 993 g/mol. The number of carboxylic acids is 1. The quantitative estimate of drug-likeness (QED) is 0.0229. The van der Waals surface area contributed by atoms with E-state index >= 15 is 0 Å². The van der Waals surface area contributed by atoms with Gasteiger partial charge in [-0.15, -0.1) is 0 Å². The minimum atomic E-state index is -1.93. The van der Waals surface area contributed by atoms with Crippen LogP contribution < -0.4 is 0 Å². The maximum Gasteiger partial charge on any atom is 0.335 e. The van der Waals surface area contributed by atoms with E-state index in [1.807, 2.05) is 12.2 Å². The van der Waals surface area contributed by atoms with E-state index in [4.69, 9.17) is 23.7 Å². The van der Waals surface area contributed by atoms with Gasteiger partial charge < -0.3 is 39.0 Å². The summed E-state index contributed by atoms with van der Waals surface area (Å²) < 4.78 is 28.1. The van der Waals surface area contributed by atoms with Gasteiger partial charge in [-0.25, -0.2) is 4.79 Å². The standard InChI is InChI=1S/C59H92O12/c1-4-7-10-13-16-19-21-23-25-26-28-30-32-35-38-41-44-47-53(62)70-57-55(64)54(63)56(58(65)66)71-59(57)68-49-50(69-52(61)46-43-40-37-33-18-15-12-9-6-3)48-67-51(60)45-42-39-36-34-31-29-27-24-22-20-17-14-11-8-5-2/h7-8,10-11,16-17,19-20,23-25,27-28,30-31,34,39,42,50,54-57,59,63-64H,4-6,9,12-15,18,21-22,26,29,32-33,35-38,40-41,43-49H2,1-3H3,(H,65,66)/b10-7-,11-8-,19-16-,20-17-,25-23-,27-24-,30-28-,34-31-,42-39-. The zero-order chi connectivity index (χ0) is 51.8. The van der Waals surface area contributed by atoms with E-state index in [9.17, 15) is 34.5 Å². The molecule has 1 aliphatic heterocycles. The predicted molar refractivity (Wildman–Crippen MR) is 284 cm³/mol. The van der Waals surface area contributed by atoms with Gasteiger partial charge in [0, 0.05) is 12.8 Å². The molecule has 6 atom stereocenters. The fourth-order valence-electron chi connectivity index (χ4n) is 7.31. The smallest absolute Gasteiger partial charge is 0.335 e. The first-order valence-corrected chi connectivity index (χ1v) is 26.9. The number of carbonyl (C=O) groups excluding carboxylic acids is 3. The first-order valence-electron chi connectivity index (χ1n) is 26.9. The van der Waals surface area contributed by atoms with Gasteiger partial charge >= 0.3 is 23.9 Å². The Morgan fingerprint density at radius 2 is 0.930 bits per heavy atom. The monoisotopic (exact) mass is 993 g/mol. The molecule has 1 fully saturated rings. The minimum Gasteiger partial charge on any atom is -0.479 e. The molecule has 3 N–H and O–H groups in total. The molecular weight excluding hydrogens is 901 g/mol. The molecular formula is C59H92O12. The van der Waals surface area contributed by atoms with E-state index in [0.717, 1.165) is 103 Å². The maximum absolute atomic E-state index is 13.0. The molecule has 0 aliphatic carbocycles. The molecule has 400 valence electrons. The number of rotatable bonds is 43. The van der Waals surface area contributed by atoms with Crippen LogP contribution in [0.1, 0.15) is 188 Å². The molecule has 6 unspecified atom stereocenters. The lowest BCUT2D eigenvalue weighted by molar-refractivity contribution is -0.301. The van der Waals surface area contributed by atoms with Crippen molar-refractivity contribution in [3.63, 3.8) is 0 Å². The topological polar surface area (TPSA) is 175 Å². The molecule has 12 heteroatoms. The highest BCUT2D eigenvalue weighted by Gasteiger charge is 2.50. The highest BCUT2D eigenvalue weighted by Crippen LogP contribution is 2.26. The maximum atomic E-state index is 13.0. The van der Waals surface area contributed by atoms with E-state index < -0.39 is 67.3 Å². The number of aliphatic hydroxyl groups excluding tert-OH is 2. The van der Waals surface area contributed by atoms with Crippen molar-refractivity contribution in [3.8, 4) is 0 Å². The van der Waals surface area contributed by atoms with E-state index in [2.05, 4.69) is 112 Å². The van der Waals surface area contributed by atoms with Crippen LogP contribution in [0.5, 0.6) is 0 Å². The number of aliphatic carboxylic acids is 1. The van der Waals surface area contributed by atoms with Crippen molar-refractivity contribution in [2.75, 3.05) is 13.2 Å². The summed E-state index contributed by atoms with van der Waals surface area (Å²) in [5.74, 6) is -3.33. The number of unbranched alkanes of at least 4 members (excludes halogenated alkanes) is 12. The molecule has 0 amide bonds. The van der Waals surface area contributed by atoms with Gasteiger partial charge in [0.25, 0.3) is 0 Å². The normalized spacial score (nSPS) is 19.4. The Hall–Kier alpha value is -4.62. The fraction of sp³-hybridized carbons (Fsp3) is 0.627. The minimum absolute atomic E-state index is 0.0191.